The van der Waals surface area contributed by atoms with Crippen LogP contribution in [-0.4, -0.2) is 26.5 Å². The van der Waals surface area contributed by atoms with Gasteiger partial charge in [0.2, 0.25) is 0 Å². The predicted octanol–water partition coefficient (Wildman–Crippen LogP) is 4.03. The maximum absolute atomic E-state index is 12.1. The van der Waals surface area contributed by atoms with Crippen molar-refractivity contribution in [1.29, 1.82) is 0 Å². The molecule has 3 aromatic rings. The van der Waals surface area contributed by atoms with E-state index in [9.17, 15) is 9.59 Å². The zero-order valence-corrected chi connectivity index (χ0v) is 14.5. The third-order valence-electron chi connectivity index (χ3n) is 4.10. The first-order valence-electron chi connectivity index (χ1n) is 8.03. The summed E-state index contributed by atoms with van der Waals surface area (Å²) in [5.74, 6) is 0.573. The normalized spacial score (nSPS) is 10.4. The fourth-order valence-corrected chi connectivity index (χ4v) is 2.80. The molecule has 0 aliphatic carbocycles. The molecule has 5 heteroatoms. The molecule has 0 fully saturated rings. The van der Waals surface area contributed by atoms with Crippen LogP contribution in [-0.2, 0) is 11.3 Å². The summed E-state index contributed by atoms with van der Waals surface area (Å²) in [5.41, 5.74) is 1.58. The highest BCUT2D eigenvalue weighted by Crippen LogP contribution is 2.32. The summed E-state index contributed by atoms with van der Waals surface area (Å²) in [6.45, 7) is 0.142. The standard InChI is InChI=1S/C21H18O5/c1-24-19-10-7-14(12-22)11-16(19)13-26-20-17-6-4-3-5-15(17)8-9-18(20)21(23)25-2/h3-12H,13H2,1-2H3. The first-order valence-corrected chi connectivity index (χ1v) is 8.03. The Bertz CT molecular complexity index is 962. The van der Waals surface area contributed by atoms with Crippen molar-refractivity contribution >= 4 is 23.0 Å². The van der Waals surface area contributed by atoms with Gasteiger partial charge >= 0.3 is 5.97 Å². The maximum atomic E-state index is 12.1. The fourth-order valence-electron chi connectivity index (χ4n) is 2.80. The molecule has 0 radical (unpaired) electrons. The van der Waals surface area contributed by atoms with E-state index in [2.05, 4.69) is 0 Å². The molecule has 0 saturated carbocycles. The lowest BCUT2D eigenvalue weighted by atomic mass is 10.0. The minimum absolute atomic E-state index is 0.142. The zero-order valence-electron chi connectivity index (χ0n) is 14.5. The van der Waals surface area contributed by atoms with Crippen molar-refractivity contribution < 1.29 is 23.8 Å². The largest absolute Gasteiger partial charge is 0.496 e. The molecule has 26 heavy (non-hydrogen) atoms. The summed E-state index contributed by atoms with van der Waals surface area (Å²) in [6.07, 6.45) is 0.765. The van der Waals surface area contributed by atoms with E-state index in [1.807, 2.05) is 30.3 Å². The van der Waals surface area contributed by atoms with Crippen LogP contribution in [0.15, 0.2) is 54.6 Å². The van der Waals surface area contributed by atoms with Crippen LogP contribution in [0.3, 0.4) is 0 Å². The molecule has 5 nitrogen and oxygen atoms in total. The minimum Gasteiger partial charge on any atom is -0.496 e. The van der Waals surface area contributed by atoms with Crippen LogP contribution in [0.25, 0.3) is 10.8 Å². The van der Waals surface area contributed by atoms with Gasteiger partial charge in [0, 0.05) is 16.5 Å². The Morgan fingerprint density at radius 2 is 1.85 bits per heavy atom. The number of benzene rings is 3. The van der Waals surface area contributed by atoms with E-state index >= 15 is 0 Å². The Morgan fingerprint density at radius 3 is 2.58 bits per heavy atom. The van der Waals surface area contributed by atoms with Crippen LogP contribution in [0.5, 0.6) is 11.5 Å². The van der Waals surface area contributed by atoms with Gasteiger partial charge < -0.3 is 14.2 Å². The number of esters is 1. The van der Waals surface area contributed by atoms with Crippen LogP contribution in [0.4, 0.5) is 0 Å². The lowest BCUT2D eigenvalue weighted by molar-refractivity contribution is 0.0596. The summed E-state index contributed by atoms with van der Waals surface area (Å²) >= 11 is 0. The molecule has 0 spiro atoms. The molecule has 3 aromatic carbocycles. The Kier molecular flexibility index (Phi) is 5.17. The van der Waals surface area contributed by atoms with E-state index < -0.39 is 5.97 Å². The summed E-state index contributed by atoms with van der Waals surface area (Å²) in [7, 11) is 2.88. The smallest absolute Gasteiger partial charge is 0.341 e. The van der Waals surface area contributed by atoms with E-state index in [1.165, 1.54) is 7.11 Å². The second kappa shape index (κ2) is 7.70. The van der Waals surface area contributed by atoms with Gasteiger partial charge in [-0.15, -0.1) is 0 Å². The second-order valence-electron chi connectivity index (χ2n) is 5.63. The third kappa shape index (κ3) is 3.37. The number of methoxy groups -OCH3 is 2. The third-order valence-corrected chi connectivity index (χ3v) is 4.10. The van der Waals surface area contributed by atoms with Gasteiger partial charge in [0.05, 0.1) is 14.2 Å². The second-order valence-corrected chi connectivity index (χ2v) is 5.63. The first-order chi connectivity index (χ1) is 12.7. The summed E-state index contributed by atoms with van der Waals surface area (Å²) < 4.78 is 16.2. The van der Waals surface area contributed by atoms with Crippen LogP contribution in [0.1, 0.15) is 26.3 Å². The highest BCUT2D eigenvalue weighted by Gasteiger charge is 2.17. The van der Waals surface area contributed by atoms with Crippen molar-refractivity contribution in [1.82, 2.24) is 0 Å². The van der Waals surface area contributed by atoms with Crippen LogP contribution >= 0.6 is 0 Å². The Balaban J connectivity index is 2.03. The molecule has 0 atom stereocenters. The number of aldehydes is 1. The van der Waals surface area contributed by atoms with Gasteiger partial charge in [0.15, 0.2) is 0 Å². The molecular weight excluding hydrogens is 332 g/mol. The van der Waals surface area contributed by atoms with E-state index in [0.29, 0.717) is 28.2 Å². The van der Waals surface area contributed by atoms with Crippen LogP contribution < -0.4 is 9.47 Å². The summed E-state index contributed by atoms with van der Waals surface area (Å²) in [4.78, 5) is 23.2. The molecule has 0 aliphatic rings. The maximum Gasteiger partial charge on any atom is 0.341 e. The van der Waals surface area contributed by atoms with Gasteiger partial charge in [-0.1, -0.05) is 30.3 Å². The molecule has 132 valence electrons. The van der Waals surface area contributed by atoms with Crippen molar-refractivity contribution in [3.63, 3.8) is 0 Å². The van der Waals surface area contributed by atoms with Crippen LogP contribution in [0.2, 0.25) is 0 Å². The summed E-state index contributed by atoms with van der Waals surface area (Å²) in [5, 5.41) is 1.75. The molecule has 0 aliphatic heterocycles. The Morgan fingerprint density at radius 1 is 1.04 bits per heavy atom. The van der Waals surface area contributed by atoms with Crippen molar-refractivity contribution in [2.45, 2.75) is 6.61 Å². The molecule has 0 bridgehead atoms. The zero-order chi connectivity index (χ0) is 18.5. The highest BCUT2D eigenvalue weighted by molar-refractivity contribution is 6.01. The number of rotatable bonds is 6. The Labute approximate surface area is 151 Å². The molecule has 0 N–H and O–H groups in total. The topological polar surface area (TPSA) is 61.8 Å². The van der Waals surface area contributed by atoms with Crippen molar-refractivity contribution in [2.75, 3.05) is 14.2 Å². The van der Waals surface area contributed by atoms with E-state index in [4.69, 9.17) is 14.2 Å². The van der Waals surface area contributed by atoms with Crippen molar-refractivity contribution in [2.24, 2.45) is 0 Å². The number of hydrogen-bond acceptors (Lipinski definition) is 5. The quantitative estimate of drug-likeness (QED) is 0.496. The van der Waals surface area contributed by atoms with Gasteiger partial charge in [-0.2, -0.15) is 0 Å². The van der Waals surface area contributed by atoms with E-state index in [0.717, 1.165) is 17.1 Å². The number of hydrogen-bond donors (Lipinski definition) is 0. The van der Waals surface area contributed by atoms with E-state index in [1.54, 1.807) is 31.4 Å². The summed E-state index contributed by atoms with van der Waals surface area (Å²) in [6, 6.07) is 16.2. The van der Waals surface area contributed by atoms with E-state index in [-0.39, 0.29) is 6.61 Å². The number of carbonyl (C=O) groups is 2. The fraction of sp³-hybridized carbons (Fsp3) is 0.143. The van der Waals surface area contributed by atoms with Crippen molar-refractivity contribution in [3.8, 4) is 11.5 Å². The molecule has 0 heterocycles. The molecule has 0 aromatic heterocycles. The lowest BCUT2D eigenvalue weighted by Gasteiger charge is -2.15. The SMILES string of the molecule is COC(=O)c1ccc2ccccc2c1OCc1cc(C=O)ccc1OC. The minimum atomic E-state index is -0.473. The molecule has 3 rings (SSSR count). The van der Waals surface area contributed by atoms with Gasteiger partial charge in [-0.25, -0.2) is 4.79 Å². The molecule has 0 unspecified atom stereocenters. The number of fused-ring (bicyclic) bond motifs is 1. The number of ether oxygens (including phenoxy) is 3. The molecule has 0 saturated heterocycles. The lowest BCUT2D eigenvalue weighted by Crippen LogP contribution is -2.07. The van der Waals surface area contributed by atoms with Gasteiger partial charge in [-0.05, 0) is 29.7 Å². The molecule has 0 amide bonds. The highest BCUT2D eigenvalue weighted by atomic mass is 16.5. The average molecular weight is 350 g/mol. The monoisotopic (exact) mass is 350 g/mol. The van der Waals surface area contributed by atoms with Gasteiger partial charge in [0.25, 0.3) is 0 Å². The first kappa shape index (κ1) is 17.5. The average Bonchev–Trinajstić information content (AvgIpc) is 2.70. The Hall–Kier alpha value is -3.34. The van der Waals surface area contributed by atoms with Gasteiger partial charge in [0.1, 0.15) is 30.0 Å². The predicted molar refractivity (Wildman–Crippen MR) is 98.0 cm³/mol. The molecular formula is C21H18O5. The van der Waals surface area contributed by atoms with Gasteiger partial charge in [-0.3, -0.25) is 4.79 Å². The van der Waals surface area contributed by atoms with Crippen molar-refractivity contribution in [3.05, 3.63) is 71.3 Å². The number of carbonyl (C=O) groups excluding carboxylic acids is 2. The van der Waals surface area contributed by atoms with Crippen LogP contribution in [0, 0.1) is 0 Å².